The topological polar surface area (TPSA) is 75.4 Å². The summed E-state index contributed by atoms with van der Waals surface area (Å²) in [4.78, 5) is 25.6. The highest BCUT2D eigenvalue weighted by molar-refractivity contribution is 5.79. The molecular formula is C15H27N3O2. The van der Waals surface area contributed by atoms with E-state index in [1.54, 1.807) is 6.92 Å². The molecule has 3 atom stereocenters. The van der Waals surface area contributed by atoms with Gasteiger partial charge in [-0.25, -0.2) is 0 Å². The van der Waals surface area contributed by atoms with Crippen LogP contribution in [0.15, 0.2) is 0 Å². The minimum Gasteiger partial charge on any atom is -0.353 e. The van der Waals surface area contributed by atoms with Gasteiger partial charge in [0.2, 0.25) is 11.8 Å². The van der Waals surface area contributed by atoms with E-state index in [2.05, 4.69) is 12.2 Å². The molecule has 114 valence electrons. The molecule has 3 N–H and O–H groups in total. The smallest absolute Gasteiger partial charge is 0.226 e. The number of carbonyl (C=O) groups excluding carboxylic acids is 2. The Bertz CT molecular complexity index is 364. The Morgan fingerprint density at radius 1 is 1.15 bits per heavy atom. The number of hydrogen-bond acceptors (Lipinski definition) is 3. The molecule has 3 unspecified atom stereocenters. The molecular weight excluding hydrogens is 254 g/mol. The fourth-order valence-electron chi connectivity index (χ4n) is 3.46. The lowest BCUT2D eigenvalue weighted by Crippen LogP contribution is -2.50. The Balaban J connectivity index is 1.86. The molecule has 0 spiro atoms. The second kappa shape index (κ2) is 6.57. The lowest BCUT2D eigenvalue weighted by Gasteiger charge is -2.38. The number of nitrogens with two attached hydrogens (primary N) is 1. The largest absolute Gasteiger partial charge is 0.353 e. The number of amides is 2. The molecule has 2 fully saturated rings. The highest BCUT2D eigenvalue weighted by atomic mass is 16.2. The molecule has 1 saturated heterocycles. The molecule has 0 aromatic heterocycles. The number of piperidine rings is 1. The zero-order chi connectivity index (χ0) is 14.7. The van der Waals surface area contributed by atoms with E-state index < -0.39 is 0 Å². The van der Waals surface area contributed by atoms with Gasteiger partial charge in [0.15, 0.2) is 0 Å². The van der Waals surface area contributed by atoms with E-state index in [1.165, 1.54) is 0 Å². The quantitative estimate of drug-likeness (QED) is 0.789. The van der Waals surface area contributed by atoms with Crippen LogP contribution in [0.5, 0.6) is 0 Å². The van der Waals surface area contributed by atoms with Crippen LogP contribution in [0, 0.1) is 11.8 Å². The maximum Gasteiger partial charge on any atom is 0.226 e. The first-order valence-corrected chi connectivity index (χ1v) is 7.79. The molecule has 1 heterocycles. The molecule has 1 aliphatic heterocycles. The van der Waals surface area contributed by atoms with Gasteiger partial charge in [0, 0.05) is 38.0 Å². The maximum absolute atomic E-state index is 12.6. The van der Waals surface area contributed by atoms with Crippen molar-refractivity contribution in [2.75, 3.05) is 13.1 Å². The van der Waals surface area contributed by atoms with Crippen LogP contribution in [0.3, 0.4) is 0 Å². The third kappa shape index (κ3) is 3.72. The zero-order valence-electron chi connectivity index (χ0n) is 12.6. The first-order chi connectivity index (χ1) is 9.47. The number of rotatable bonds is 2. The van der Waals surface area contributed by atoms with E-state index in [0.29, 0.717) is 5.92 Å². The minimum absolute atomic E-state index is 0.0154. The van der Waals surface area contributed by atoms with Gasteiger partial charge in [0.05, 0.1) is 0 Å². The monoisotopic (exact) mass is 281 g/mol. The van der Waals surface area contributed by atoms with Crippen LogP contribution in [-0.4, -0.2) is 41.9 Å². The number of hydrogen-bond donors (Lipinski definition) is 2. The fourth-order valence-corrected chi connectivity index (χ4v) is 3.46. The van der Waals surface area contributed by atoms with Crippen molar-refractivity contribution in [1.82, 2.24) is 10.2 Å². The molecule has 0 aromatic carbocycles. The predicted octanol–water partition coefficient (Wildman–Crippen LogP) is 0.877. The average molecular weight is 281 g/mol. The van der Waals surface area contributed by atoms with Crippen molar-refractivity contribution >= 4 is 11.8 Å². The fraction of sp³-hybridized carbons (Fsp3) is 0.867. The van der Waals surface area contributed by atoms with Crippen molar-refractivity contribution < 1.29 is 9.59 Å². The number of likely N-dealkylation sites (tertiary alicyclic amines) is 1. The van der Waals surface area contributed by atoms with Crippen LogP contribution >= 0.6 is 0 Å². The van der Waals surface area contributed by atoms with Crippen molar-refractivity contribution in [1.29, 1.82) is 0 Å². The Kier molecular flexibility index (Phi) is 5.02. The van der Waals surface area contributed by atoms with Gasteiger partial charge in [-0.2, -0.15) is 0 Å². The van der Waals surface area contributed by atoms with Gasteiger partial charge in [-0.3, -0.25) is 9.59 Å². The highest BCUT2D eigenvalue weighted by Gasteiger charge is 2.35. The third-order valence-electron chi connectivity index (χ3n) is 4.77. The third-order valence-corrected chi connectivity index (χ3v) is 4.77. The molecule has 20 heavy (non-hydrogen) atoms. The Hall–Kier alpha value is -1.10. The van der Waals surface area contributed by atoms with Gasteiger partial charge in [-0.1, -0.05) is 6.92 Å². The van der Waals surface area contributed by atoms with E-state index >= 15 is 0 Å². The molecule has 2 rings (SSSR count). The second-order valence-electron chi connectivity index (χ2n) is 6.46. The number of nitrogens with zero attached hydrogens (tertiary/aromatic N) is 1. The second-order valence-corrected chi connectivity index (χ2v) is 6.46. The zero-order valence-corrected chi connectivity index (χ0v) is 12.6. The van der Waals surface area contributed by atoms with E-state index in [0.717, 1.165) is 45.2 Å². The highest BCUT2D eigenvalue weighted by Crippen LogP contribution is 2.31. The van der Waals surface area contributed by atoms with Crippen LogP contribution in [0.1, 0.15) is 46.0 Å². The molecule has 5 heteroatoms. The van der Waals surface area contributed by atoms with Gasteiger partial charge in [-0.15, -0.1) is 0 Å². The SMILES string of the molecule is CC(=O)NC1CCN(C(=O)C2CC(N)CCC2C)CC1. The van der Waals surface area contributed by atoms with Crippen LogP contribution < -0.4 is 11.1 Å². The molecule has 0 radical (unpaired) electrons. The van der Waals surface area contributed by atoms with Gasteiger partial charge in [0.1, 0.15) is 0 Å². The van der Waals surface area contributed by atoms with Crippen molar-refractivity contribution in [3.8, 4) is 0 Å². The Morgan fingerprint density at radius 2 is 1.80 bits per heavy atom. The predicted molar refractivity (Wildman–Crippen MR) is 77.9 cm³/mol. The van der Waals surface area contributed by atoms with E-state index in [4.69, 9.17) is 5.73 Å². The first-order valence-electron chi connectivity index (χ1n) is 7.79. The molecule has 0 bridgehead atoms. The molecule has 2 aliphatic rings. The van der Waals surface area contributed by atoms with E-state index in [9.17, 15) is 9.59 Å². The van der Waals surface area contributed by atoms with E-state index in [1.807, 2.05) is 4.90 Å². The molecule has 5 nitrogen and oxygen atoms in total. The van der Waals surface area contributed by atoms with Crippen LogP contribution in [0.25, 0.3) is 0 Å². The van der Waals surface area contributed by atoms with Crippen molar-refractivity contribution in [3.05, 3.63) is 0 Å². The summed E-state index contributed by atoms with van der Waals surface area (Å²) >= 11 is 0. The van der Waals surface area contributed by atoms with Crippen LogP contribution in [0.4, 0.5) is 0 Å². The summed E-state index contributed by atoms with van der Waals surface area (Å²) in [6.07, 6.45) is 4.64. The van der Waals surface area contributed by atoms with Crippen LogP contribution in [-0.2, 0) is 9.59 Å². The van der Waals surface area contributed by atoms with Crippen molar-refractivity contribution in [3.63, 3.8) is 0 Å². The molecule has 1 saturated carbocycles. The molecule has 2 amide bonds. The summed E-state index contributed by atoms with van der Waals surface area (Å²) in [5, 5.41) is 2.94. The number of carbonyl (C=O) groups is 2. The maximum atomic E-state index is 12.6. The van der Waals surface area contributed by atoms with Gasteiger partial charge >= 0.3 is 0 Å². The lowest BCUT2D eigenvalue weighted by atomic mass is 9.77. The number of nitrogens with one attached hydrogen (secondary N) is 1. The normalized spacial score (nSPS) is 31.9. The summed E-state index contributed by atoms with van der Waals surface area (Å²) in [5.41, 5.74) is 6.01. The van der Waals surface area contributed by atoms with Crippen LogP contribution in [0.2, 0.25) is 0 Å². The Morgan fingerprint density at radius 3 is 2.40 bits per heavy atom. The summed E-state index contributed by atoms with van der Waals surface area (Å²) in [6.45, 7) is 5.21. The molecule has 0 aromatic rings. The van der Waals surface area contributed by atoms with Crippen molar-refractivity contribution in [2.45, 2.75) is 58.0 Å². The van der Waals surface area contributed by atoms with Crippen molar-refractivity contribution in [2.24, 2.45) is 17.6 Å². The van der Waals surface area contributed by atoms with E-state index in [-0.39, 0.29) is 29.8 Å². The van der Waals surface area contributed by atoms with Gasteiger partial charge in [0.25, 0.3) is 0 Å². The summed E-state index contributed by atoms with van der Waals surface area (Å²) in [5.74, 6) is 0.821. The Labute approximate surface area is 121 Å². The summed E-state index contributed by atoms with van der Waals surface area (Å²) in [6, 6.07) is 0.402. The first kappa shape index (κ1) is 15.3. The minimum atomic E-state index is 0.0154. The van der Waals surface area contributed by atoms with Gasteiger partial charge < -0.3 is 16.0 Å². The summed E-state index contributed by atoms with van der Waals surface area (Å²) in [7, 11) is 0. The standard InChI is InChI=1S/C15H27N3O2/c1-10-3-4-12(16)9-14(10)15(20)18-7-5-13(6-8-18)17-11(2)19/h10,12-14H,3-9,16H2,1-2H3,(H,17,19). The van der Waals surface area contributed by atoms with Gasteiger partial charge in [-0.05, 0) is 38.0 Å². The molecule has 1 aliphatic carbocycles. The lowest BCUT2D eigenvalue weighted by molar-refractivity contribution is -0.139. The average Bonchev–Trinajstić information content (AvgIpc) is 2.41. The summed E-state index contributed by atoms with van der Waals surface area (Å²) < 4.78 is 0.